The Bertz CT molecular complexity index is 3260. The summed E-state index contributed by atoms with van der Waals surface area (Å²) in [5.74, 6) is 2.05. The van der Waals surface area contributed by atoms with Gasteiger partial charge in [0, 0.05) is 77.6 Å². The van der Waals surface area contributed by atoms with Crippen molar-refractivity contribution in [3.8, 4) is 17.3 Å². The molecule has 5 nitrogen and oxygen atoms in total. The molecule has 0 amide bonds. The second-order valence-electron chi connectivity index (χ2n) is 24.8. The minimum absolute atomic E-state index is 0. The van der Waals surface area contributed by atoms with Crippen molar-refractivity contribution in [2.24, 2.45) is 10.8 Å². The van der Waals surface area contributed by atoms with E-state index in [2.05, 4.69) is 277 Å². The van der Waals surface area contributed by atoms with Gasteiger partial charge in [-0.15, -0.1) is 48.3 Å². The summed E-state index contributed by atoms with van der Waals surface area (Å²) in [5, 5.41) is 2.26. The summed E-state index contributed by atoms with van der Waals surface area (Å²) in [6, 6.07) is 57.8. The van der Waals surface area contributed by atoms with Gasteiger partial charge < -0.3 is 19.1 Å². The number of rotatable bonds is 9. The second-order valence-corrected chi connectivity index (χ2v) is 24.8. The maximum absolute atomic E-state index is 7.10. The number of ether oxygens (including phenoxy) is 1. The van der Waals surface area contributed by atoms with Gasteiger partial charge in [-0.3, -0.25) is 0 Å². The summed E-state index contributed by atoms with van der Waals surface area (Å²) >= 11 is 0. The van der Waals surface area contributed by atoms with Crippen LogP contribution >= 0.6 is 0 Å². The topological polar surface area (TPSA) is 33.5 Å². The van der Waals surface area contributed by atoms with E-state index in [1.165, 1.54) is 44.9 Å². The van der Waals surface area contributed by atoms with E-state index >= 15 is 0 Å². The number of hydrogen-bond acceptors (Lipinski definition) is 4. The molecule has 2 aromatic heterocycles. The average molecular weight is 1130 g/mol. The molecule has 0 saturated carbocycles. The van der Waals surface area contributed by atoms with E-state index in [1.54, 1.807) is 0 Å². The van der Waals surface area contributed by atoms with Gasteiger partial charge in [0.15, 0.2) is 0 Å². The largest absolute Gasteiger partial charge is 0.509 e. The number of benzene rings is 6. The Morgan fingerprint density at radius 1 is 0.472 bits per heavy atom. The fourth-order valence-corrected chi connectivity index (χ4v) is 10.4. The first-order chi connectivity index (χ1) is 33.2. The molecule has 0 saturated heterocycles. The average Bonchev–Trinajstić information content (AvgIpc) is 3.90. The quantitative estimate of drug-likeness (QED) is 0.135. The van der Waals surface area contributed by atoms with Gasteiger partial charge in [0.2, 0.25) is 0 Å². The predicted octanol–water partition coefficient (Wildman–Crippen LogP) is 17.6. The molecule has 0 radical (unpaired) electrons. The number of allylic oxidation sites excluding steroid dienone is 2. The molecule has 0 fully saturated rings. The standard InChI is InChI=1S/C66H73N4O.Pt/c1-61(2,3)47-36-48(62(4,5)6)38-50(37-47)69-43-68(59(63(7,8)9)60(69)64(10,11)12)49-30-25-31-51(40-49)71-52-41-54(66(15,16)45-28-21-18-22-29-45)58-53-32-23-24-33-55(53)70(56(58)42-52)57-39-46(34-35-67-57)65(13,14)44-26-19-17-20-27-44;/h17-39,41,43H,1-16H3;/q-3;. The maximum atomic E-state index is 7.10. The normalized spacial score (nSPS) is 14.1. The first kappa shape index (κ1) is 52.4. The second kappa shape index (κ2) is 18.9. The molecule has 9 rings (SSSR count). The van der Waals surface area contributed by atoms with Crippen molar-refractivity contribution in [3.05, 3.63) is 209 Å². The zero-order valence-electron chi connectivity index (χ0n) is 45.4. The molecule has 6 heteroatoms. The summed E-state index contributed by atoms with van der Waals surface area (Å²) in [6.07, 6.45) is 1.94. The maximum Gasteiger partial charge on any atom is 0.135 e. The third-order valence-corrected chi connectivity index (χ3v) is 14.5. The van der Waals surface area contributed by atoms with Gasteiger partial charge in [-0.05, 0) is 79.8 Å². The third kappa shape index (κ3) is 9.83. The summed E-state index contributed by atoms with van der Waals surface area (Å²) in [4.78, 5) is 9.88. The van der Waals surface area contributed by atoms with Crippen LogP contribution in [0.1, 0.15) is 144 Å². The van der Waals surface area contributed by atoms with Crippen LogP contribution in [0.2, 0.25) is 0 Å². The molecule has 0 atom stereocenters. The van der Waals surface area contributed by atoms with E-state index in [0.717, 1.165) is 38.9 Å². The van der Waals surface area contributed by atoms with Crippen LogP contribution in [0.5, 0.6) is 11.5 Å². The molecule has 376 valence electrons. The first-order valence-corrected chi connectivity index (χ1v) is 25.4. The van der Waals surface area contributed by atoms with Gasteiger partial charge in [0.05, 0.1) is 0 Å². The first-order valence-electron chi connectivity index (χ1n) is 25.4. The van der Waals surface area contributed by atoms with Crippen molar-refractivity contribution in [2.45, 2.75) is 132 Å². The zero-order valence-corrected chi connectivity index (χ0v) is 47.7. The van der Waals surface area contributed by atoms with E-state index in [1.807, 2.05) is 12.3 Å². The van der Waals surface area contributed by atoms with Crippen molar-refractivity contribution in [1.82, 2.24) is 9.55 Å². The van der Waals surface area contributed by atoms with Crippen LogP contribution in [0, 0.1) is 29.6 Å². The Labute approximate surface area is 445 Å². The molecule has 0 unspecified atom stereocenters. The van der Waals surface area contributed by atoms with Crippen LogP contribution < -0.4 is 14.5 Å². The number of fused-ring (bicyclic) bond motifs is 3. The number of para-hydroxylation sites is 1. The summed E-state index contributed by atoms with van der Waals surface area (Å²) in [7, 11) is 0. The molecule has 0 aliphatic carbocycles. The molecule has 0 spiro atoms. The van der Waals surface area contributed by atoms with E-state index in [0.29, 0.717) is 11.5 Å². The summed E-state index contributed by atoms with van der Waals surface area (Å²) in [6.45, 7) is 39.3. The fraction of sp³-hybridized carbons (Fsp3) is 0.333. The van der Waals surface area contributed by atoms with Crippen LogP contribution in [-0.2, 0) is 42.7 Å². The van der Waals surface area contributed by atoms with Crippen molar-refractivity contribution in [1.29, 1.82) is 0 Å². The minimum Gasteiger partial charge on any atom is -0.509 e. The molecule has 6 aromatic carbocycles. The summed E-state index contributed by atoms with van der Waals surface area (Å²) in [5.41, 5.74) is 12.8. The Kier molecular flexibility index (Phi) is 13.7. The third-order valence-electron chi connectivity index (χ3n) is 14.5. The molecule has 0 bridgehead atoms. The molecular formula is C66H73N4OPt-3. The van der Waals surface area contributed by atoms with E-state index in [4.69, 9.17) is 9.72 Å². The molecule has 1 aliphatic rings. The van der Waals surface area contributed by atoms with Gasteiger partial charge in [-0.1, -0.05) is 207 Å². The van der Waals surface area contributed by atoms with Crippen LogP contribution in [0.25, 0.3) is 27.6 Å². The van der Waals surface area contributed by atoms with Crippen LogP contribution in [-0.4, -0.2) is 9.55 Å². The Hall–Kier alpha value is -5.90. The van der Waals surface area contributed by atoms with Crippen LogP contribution in [0.15, 0.2) is 157 Å². The number of pyridine rings is 1. The number of anilines is 2. The van der Waals surface area contributed by atoms with Gasteiger partial charge in [-0.2, -0.15) is 6.07 Å². The Morgan fingerprint density at radius 3 is 1.61 bits per heavy atom. The minimum atomic E-state index is -0.418. The fourth-order valence-electron chi connectivity index (χ4n) is 10.4. The SMILES string of the molecule is CC(C)(C)C1=C(C(C)(C)C)N(c2cc(C(C)(C)C)cc(C(C)(C)C)c2)[CH-]N1c1[c-]c(Oc2[c-]c3c(c(C(C)(C)c4ccccc4)c2)c2ccccc2n3-c2cc(C(C)(C)c3ccccc3)ccn2)ccc1.[Pt]. The van der Waals surface area contributed by atoms with Gasteiger partial charge >= 0.3 is 0 Å². The van der Waals surface area contributed by atoms with Crippen molar-refractivity contribution in [2.75, 3.05) is 9.80 Å². The van der Waals surface area contributed by atoms with Crippen molar-refractivity contribution >= 4 is 33.2 Å². The van der Waals surface area contributed by atoms with Crippen molar-refractivity contribution in [3.63, 3.8) is 0 Å². The van der Waals surface area contributed by atoms with Gasteiger partial charge in [0.25, 0.3) is 0 Å². The van der Waals surface area contributed by atoms with E-state index < -0.39 is 5.41 Å². The van der Waals surface area contributed by atoms with Gasteiger partial charge in [-0.25, -0.2) is 4.98 Å². The summed E-state index contributed by atoms with van der Waals surface area (Å²) < 4.78 is 9.37. The Morgan fingerprint density at radius 2 is 1.03 bits per heavy atom. The molecule has 3 heterocycles. The molecular weight excluding hydrogens is 1060 g/mol. The molecule has 0 N–H and O–H groups in total. The molecule has 72 heavy (non-hydrogen) atoms. The smallest absolute Gasteiger partial charge is 0.135 e. The predicted molar refractivity (Wildman–Crippen MR) is 299 cm³/mol. The zero-order chi connectivity index (χ0) is 51.1. The van der Waals surface area contributed by atoms with E-state index in [-0.39, 0.29) is 48.1 Å². The number of aromatic nitrogens is 2. The van der Waals surface area contributed by atoms with Crippen molar-refractivity contribution < 1.29 is 25.8 Å². The van der Waals surface area contributed by atoms with Crippen LogP contribution in [0.4, 0.5) is 11.4 Å². The van der Waals surface area contributed by atoms with E-state index in [9.17, 15) is 0 Å². The Balaban J connectivity index is 0.00000693. The number of nitrogens with zero attached hydrogens (tertiary/aromatic N) is 4. The van der Waals surface area contributed by atoms with Gasteiger partial charge in [0.1, 0.15) is 5.82 Å². The molecule has 8 aromatic rings. The monoisotopic (exact) mass is 1130 g/mol. The molecule has 1 aliphatic heterocycles. The number of hydrogen-bond donors (Lipinski definition) is 0. The van der Waals surface area contributed by atoms with Crippen LogP contribution in [0.3, 0.4) is 0 Å².